The third-order valence-corrected chi connectivity index (χ3v) is 4.94. The summed E-state index contributed by atoms with van der Waals surface area (Å²) in [6.45, 7) is 0.615. The molecule has 0 bridgehead atoms. The minimum Gasteiger partial charge on any atom is -0.390 e. The summed E-state index contributed by atoms with van der Waals surface area (Å²) in [5, 5.41) is 23.0. The van der Waals surface area contributed by atoms with Crippen LogP contribution in [0.25, 0.3) is 0 Å². The molecule has 0 aliphatic carbocycles. The van der Waals surface area contributed by atoms with Crippen LogP contribution in [0.15, 0.2) is 6.07 Å². The minimum absolute atomic E-state index is 0.0320. The first-order valence-electron chi connectivity index (χ1n) is 8.02. The molecule has 2 fully saturated rings. The molecule has 1 amide bonds. The smallest absolute Gasteiger partial charge is 0.390 e. The second-order valence-electron chi connectivity index (χ2n) is 6.66. The van der Waals surface area contributed by atoms with Gasteiger partial charge in [-0.05, 0) is 12.8 Å². The third kappa shape index (κ3) is 3.51. The highest BCUT2D eigenvalue weighted by Gasteiger charge is 2.44. The zero-order chi connectivity index (χ0) is 18.4. The molecule has 1 aromatic rings. The van der Waals surface area contributed by atoms with Gasteiger partial charge < -0.3 is 19.8 Å². The van der Waals surface area contributed by atoms with Crippen LogP contribution in [0.3, 0.4) is 0 Å². The van der Waals surface area contributed by atoms with Crippen LogP contribution in [-0.2, 0) is 18.0 Å². The molecule has 140 valence electrons. The van der Waals surface area contributed by atoms with Gasteiger partial charge in [-0.2, -0.15) is 18.3 Å². The Hall–Kier alpha value is -1.65. The van der Waals surface area contributed by atoms with Gasteiger partial charge in [-0.15, -0.1) is 0 Å². The number of aliphatic hydroxyl groups is 2. The van der Waals surface area contributed by atoms with Crippen LogP contribution < -0.4 is 0 Å². The number of hydrogen-bond donors (Lipinski definition) is 2. The monoisotopic (exact) mass is 363 g/mol. The topological polar surface area (TPSA) is 87.8 Å². The molecule has 1 aromatic heterocycles. The van der Waals surface area contributed by atoms with Crippen LogP contribution in [0.1, 0.15) is 35.4 Å². The van der Waals surface area contributed by atoms with E-state index in [1.165, 1.54) is 4.90 Å². The Bertz CT molecular complexity index is 653. The van der Waals surface area contributed by atoms with Crippen molar-refractivity contribution in [2.45, 2.75) is 43.2 Å². The molecular weight excluding hydrogens is 343 g/mol. The lowest BCUT2D eigenvalue weighted by Crippen LogP contribution is -2.55. The SMILES string of the molecule is Cn1nc(C(=O)N2CCC3(CC2)C[C@@H](O)[C@@H](O)CO3)cc1C(F)(F)F. The molecule has 3 heterocycles. The Morgan fingerprint density at radius 3 is 2.48 bits per heavy atom. The van der Waals surface area contributed by atoms with E-state index in [1.54, 1.807) is 0 Å². The van der Waals surface area contributed by atoms with Gasteiger partial charge in [0.25, 0.3) is 5.91 Å². The van der Waals surface area contributed by atoms with Gasteiger partial charge in [0.1, 0.15) is 11.8 Å². The van der Waals surface area contributed by atoms with Gasteiger partial charge in [0.2, 0.25) is 0 Å². The maximum absolute atomic E-state index is 12.8. The standard InChI is InChI=1S/C15H20F3N3O4/c1-20-12(15(16,17)18)6-9(19-20)13(24)21-4-2-14(3-5-21)7-10(22)11(23)8-25-14/h6,10-11,22-23H,2-5,7-8H2,1H3/t10-,11+/m1/s1. The molecular formula is C15H20F3N3O4. The molecule has 7 nitrogen and oxygen atoms in total. The summed E-state index contributed by atoms with van der Waals surface area (Å²) in [7, 11) is 1.15. The van der Waals surface area contributed by atoms with E-state index in [-0.39, 0.29) is 18.7 Å². The van der Waals surface area contributed by atoms with Crippen molar-refractivity contribution < 1.29 is 32.9 Å². The van der Waals surface area contributed by atoms with Crippen molar-refractivity contribution in [3.63, 3.8) is 0 Å². The Balaban J connectivity index is 1.66. The highest BCUT2D eigenvalue weighted by atomic mass is 19.4. The van der Waals surface area contributed by atoms with E-state index in [0.29, 0.717) is 30.6 Å². The van der Waals surface area contributed by atoms with Gasteiger partial charge in [-0.25, -0.2) is 0 Å². The Labute approximate surface area is 142 Å². The summed E-state index contributed by atoms with van der Waals surface area (Å²) in [6, 6.07) is 0.754. The summed E-state index contributed by atoms with van der Waals surface area (Å²) in [6.07, 6.45) is -5.19. The number of aromatic nitrogens is 2. The van der Waals surface area contributed by atoms with Crippen LogP contribution in [-0.4, -0.2) is 68.3 Å². The van der Waals surface area contributed by atoms with Crippen molar-refractivity contribution in [3.8, 4) is 0 Å². The molecule has 0 unspecified atom stereocenters. The molecule has 0 aromatic carbocycles. The number of carbonyl (C=O) groups is 1. The van der Waals surface area contributed by atoms with Crippen molar-refractivity contribution in [1.82, 2.24) is 14.7 Å². The second-order valence-corrected chi connectivity index (χ2v) is 6.66. The molecule has 2 atom stereocenters. The molecule has 2 aliphatic heterocycles. The van der Waals surface area contributed by atoms with Gasteiger partial charge in [-0.3, -0.25) is 9.48 Å². The summed E-state index contributed by atoms with van der Waals surface area (Å²) in [5.74, 6) is -0.558. The molecule has 0 saturated carbocycles. The number of carbonyl (C=O) groups excluding carboxylic acids is 1. The number of ether oxygens (including phenoxy) is 1. The lowest BCUT2D eigenvalue weighted by Gasteiger charge is -2.46. The quantitative estimate of drug-likeness (QED) is 0.761. The van der Waals surface area contributed by atoms with Gasteiger partial charge in [0.05, 0.1) is 18.3 Å². The molecule has 2 saturated heterocycles. The van der Waals surface area contributed by atoms with Crippen molar-refractivity contribution in [2.75, 3.05) is 19.7 Å². The van der Waals surface area contributed by atoms with E-state index in [2.05, 4.69) is 5.10 Å². The van der Waals surface area contributed by atoms with Gasteiger partial charge in [-0.1, -0.05) is 0 Å². The summed E-state index contributed by atoms with van der Waals surface area (Å²) >= 11 is 0. The van der Waals surface area contributed by atoms with E-state index in [1.807, 2.05) is 0 Å². The number of alkyl halides is 3. The van der Waals surface area contributed by atoms with Crippen molar-refractivity contribution in [1.29, 1.82) is 0 Å². The maximum atomic E-state index is 12.8. The van der Waals surface area contributed by atoms with E-state index in [9.17, 15) is 28.2 Å². The first-order valence-corrected chi connectivity index (χ1v) is 8.02. The van der Waals surface area contributed by atoms with Crippen LogP contribution in [0.4, 0.5) is 13.2 Å². The normalized spacial score (nSPS) is 26.9. The fourth-order valence-corrected chi connectivity index (χ4v) is 3.41. The summed E-state index contributed by atoms with van der Waals surface area (Å²) in [4.78, 5) is 13.9. The number of halogens is 3. The van der Waals surface area contributed by atoms with Gasteiger partial charge in [0.15, 0.2) is 5.69 Å². The fourth-order valence-electron chi connectivity index (χ4n) is 3.41. The number of aliphatic hydroxyl groups excluding tert-OH is 2. The number of rotatable bonds is 1. The number of amides is 1. The lowest BCUT2D eigenvalue weighted by molar-refractivity contribution is -0.185. The van der Waals surface area contributed by atoms with Crippen molar-refractivity contribution in [2.24, 2.45) is 7.05 Å². The number of nitrogens with zero attached hydrogens (tertiary/aromatic N) is 3. The number of piperidine rings is 1. The van der Waals surface area contributed by atoms with Crippen molar-refractivity contribution in [3.05, 3.63) is 17.5 Å². The van der Waals surface area contributed by atoms with Gasteiger partial charge in [0, 0.05) is 32.6 Å². The lowest BCUT2D eigenvalue weighted by atomic mass is 9.82. The molecule has 3 rings (SSSR count). The summed E-state index contributed by atoms with van der Waals surface area (Å²) < 4.78 is 44.8. The molecule has 25 heavy (non-hydrogen) atoms. The average molecular weight is 363 g/mol. The van der Waals surface area contributed by atoms with Crippen molar-refractivity contribution >= 4 is 5.91 Å². The van der Waals surface area contributed by atoms with Crippen LogP contribution in [0.5, 0.6) is 0 Å². The van der Waals surface area contributed by atoms with E-state index >= 15 is 0 Å². The molecule has 0 radical (unpaired) electrons. The molecule has 2 aliphatic rings. The predicted octanol–water partition coefficient (Wildman–Crippen LogP) is 0.556. The Morgan fingerprint density at radius 1 is 1.32 bits per heavy atom. The maximum Gasteiger partial charge on any atom is 0.433 e. The molecule has 10 heteroatoms. The van der Waals surface area contributed by atoms with Crippen LogP contribution in [0.2, 0.25) is 0 Å². The zero-order valence-electron chi connectivity index (χ0n) is 13.7. The first-order chi connectivity index (χ1) is 11.6. The first kappa shape index (κ1) is 18.2. The highest BCUT2D eigenvalue weighted by molar-refractivity contribution is 5.92. The zero-order valence-corrected chi connectivity index (χ0v) is 13.7. The third-order valence-electron chi connectivity index (χ3n) is 4.94. The minimum atomic E-state index is -4.57. The van der Waals surface area contributed by atoms with Crippen LogP contribution in [0, 0.1) is 0 Å². The largest absolute Gasteiger partial charge is 0.433 e. The number of likely N-dealkylation sites (tertiary alicyclic amines) is 1. The average Bonchev–Trinajstić information content (AvgIpc) is 2.94. The molecule has 2 N–H and O–H groups in total. The number of hydrogen-bond acceptors (Lipinski definition) is 5. The Morgan fingerprint density at radius 2 is 1.96 bits per heavy atom. The Kier molecular flexibility index (Phi) is 4.54. The van der Waals surface area contributed by atoms with E-state index in [0.717, 1.165) is 13.1 Å². The van der Waals surface area contributed by atoms with E-state index in [4.69, 9.17) is 4.74 Å². The fraction of sp³-hybridized carbons (Fsp3) is 0.733. The summed E-state index contributed by atoms with van der Waals surface area (Å²) in [5.41, 5.74) is -1.82. The highest BCUT2D eigenvalue weighted by Crippen LogP contribution is 2.36. The van der Waals surface area contributed by atoms with E-state index < -0.39 is 35.6 Å². The molecule has 1 spiro atoms. The number of aryl methyl sites for hydroxylation is 1. The van der Waals surface area contributed by atoms with Crippen LogP contribution >= 0.6 is 0 Å². The second kappa shape index (κ2) is 6.26. The predicted molar refractivity (Wildman–Crippen MR) is 78.7 cm³/mol. The van der Waals surface area contributed by atoms with Gasteiger partial charge >= 0.3 is 6.18 Å².